The van der Waals surface area contributed by atoms with Crippen molar-refractivity contribution in [1.82, 2.24) is 4.72 Å². The Hall–Kier alpha value is -1.60. The average molecular weight is 337 g/mol. The summed E-state index contributed by atoms with van der Waals surface area (Å²) in [5.41, 5.74) is 1.01. The van der Waals surface area contributed by atoms with E-state index in [1.54, 1.807) is 12.1 Å². The van der Waals surface area contributed by atoms with E-state index < -0.39 is 28.0 Å². The Morgan fingerprint density at radius 2 is 2.04 bits per heavy atom. The van der Waals surface area contributed by atoms with Crippen LogP contribution in [0.15, 0.2) is 23.1 Å². The van der Waals surface area contributed by atoms with Crippen LogP contribution in [0.3, 0.4) is 0 Å². The lowest BCUT2D eigenvalue weighted by molar-refractivity contribution is -0.152. The SMILES string of the molecule is O=C(O)[C@H]1[C@H]2CCC[C@H]2[C@@H]1NS(=O)(=O)c1ccc2c(c1)OCC2. The van der Waals surface area contributed by atoms with Crippen LogP contribution >= 0.6 is 0 Å². The zero-order valence-corrected chi connectivity index (χ0v) is 13.4. The van der Waals surface area contributed by atoms with Crippen molar-refractivity contribution in [3.05, 3.63) is 23.8 Å². The fraction of sp³-hybridized carbons (Fsp3) is 0.562. The van der Waals surface area contributed by atoms with Gasteiger partial charge in [-0.15, -0.1) is 0 Å². The summed E-state index contributed by atoms with van der Waals surface area (Å²) in [5, 5.41) is 9.39. The molecule has 1 aromatic carbocycles. The quantitative estimate of drug-likeness (QED) is 0.866. The molecule has 2 aliphatic carbocycles. The standard InChI is InChI=1S/C16H19NO5S/c18-16(19)14-11-2-1-3-12(11)15(14)17-23(20,21)10-5-4-9-6-7-22-13(9)8-10/h4-5,8,11-12,14-15,17H,1-3,6-7H2,(H,18,19)/t11-,12+,14-,15-/m0/s1. The first kappa shape index (κ1) is 15.0. The number of nitrogens with one attached hydrogen (secondary N) is 1. The molecule has 2 fully saturated rings. The maximum absolute atomic E-state index is 12.6. The van der Waals surface area contributed by atoms with Gasteiger partial charge < -0.3 is 9.84 Å². The van der Waals surface area contributed by atoms with Gasteiger partial charge in [0.2, 0.25) is 10.0 Å². The van der Waals surface area contributed by atoms with Crippen LogP contribution in [-0.4, -0.2) is 32.1 Å². The Morgan fingerprint density at radius 1 is 1.26 bits per heavy atom. The second kappa shape index (κ2) is 5.21. The summed E-state index contributed by atoms with van der Waals surface area (Å²) in [4.78, 5) is 11.6. The van der Waals surface area contributed by atoms with Crippen LogP contribution in [0.25, 0.3) is 0 Å². The van der Waals surface area contributed by atoms with Gasteiger partial charge in [0.15, 0.2) is 0 Å². The van der Waals surface area contributed by atoms with Crippen molar-refractivity contribution in [1.29, 1.82) is 0 Å². The van der Waals surface area contributed by atoms with Gasteiger partial charge in [-0.3, -0.25) is 4.79 Å². The molecule has 2 saturated carbocycles. The number of sulfonamides is 1. The molecular formula is C16H19NO5S. The van der Waals surface area contributed by atoms with E-state index in [1.165, 1.54) is 6.07 Å². The van der Waals surface area contributed by atoms with E-state index in [0.29, 0.717) is 12.4 Å². The number of hydrogen-bond donors (Lipinski definition) is 2. The normalized spacial score (nSPS) is 31.8. The van der Waals surface area contributed by atoms with E-state index in [9.17, 15) is 18.3 Å². The fourth-order valence-electron chi connectivity index (χ4n) is 4.35. The largest absolute Gasteiger partial charge is 0.493 e. The van der Waals surface area contributed by atoms with Crippen molar-refractivity contribution in [3.63, 3.8) is 0 Å². The number of hydrogen-bond acceptors (Lipinski definition) is 4. The topological polar surface area (TPSA) is 92.7 Å². The molecule has 0 unspecified atom stereocenters. The third kappa shape index (κ3) is 2.33. The Balaban J connectivity index is 1.58. The van der Waals surface area contributed by atoms with Crippen molar-refractivity contribution >= 4 is 16.0 Å². The first-order valence-corrected chi connectivity index (χ1v) is 9.46. The first-order valence-electron chi connectivity index (χ1n) is 7.98. The van der Waals surface area contributed by atoms with Crippen molar-refractivity contribution < 1.29 is 23.1 Å². The van der Waals surface area contributed by atoms with Gasteiger partial charge in [-0.2, -0.15) is 0 Å². The highest BCUT2D eigenvalue weighted by atomic mass is 32.2. The number of carbonyl (C=O) groups is 1. The number of aliphatic carboxylic acids is 1. The van der Waals surface area contributed by atoms with Crippen molar-refractivity contribution in [2.45, 2.75) is 36.6 Å². The molecule has 1 heterocycles. The van der Waals surface area contributed by atoms with Crippen LogP contribution in [0, 0.1) is 17.8 Å². The molecule has 1 aromatic rings. The van der Waals surface area contributed by atoms with Gasteiger partial charge in [0.1, 0.15) is 5.75 Å². The maximum Gasteiger partial charge on any atom is 0.308 e. The summed E-state index contributed by atoms with van der Waals surface area (Å²) in [7, 11) is -3.74. The highest BCUT2D eigenvalue weighted by Gasteiger charge is 2.56. The van der Waals surface area contributed by atoms with Gasteiger partial charge in [0, 0.05) is 18.5 Å². The Labute approximate surface area is 134 Å². The highest BCUT2D eigenvalue weighted by Crippen LogP contribution is 2.51. The van der Waals surface area contributed by atoms with Crippen LogP contribution in [-0.2, 0) is 21.2 Å². The molecule has 6 nitrogen and oxygen atoms in total. The van der Waals surface area contributed by atoms with E-state index in [1.807, 2.05) is 0 Å². The molecule has 0 bridgehead atoms. The monoisotopic (exact) mass is 337 g/mol. The predicted octanol–water partition coefficient (Wildman–Crippen LogP) is 1.40. The third-order valence-corrected chi connectivity index (χ3v) is 6.95. The molecule has 0 aromatic heterocycles. The van der Waals surface area contributed by atoms with E-state index in [-0.39, 0.29) is 16.7 Å². The minimum absolute atomic E-state index is 0.114. The molecule has 3 aliphatic rings. The summed E-state index contributed by atoms with van der Waals surface area (Å²) >= 11 is 0. The number of carboxylic acids is 1. The summed E-state index contributed by atoms with van der Waals surface area (Å²) in [6.07, 6.45) is 3.54. The lowest BCUT2D eigenvalue weighted by Crippen LogP contribution is -2.60. The fourth-order valence-corrected chi connectivity index (χ4v) is 5.68. The smallest absolute Gasteiger partial charge is 0.308 e. The third-order valence-electron chi connectivity index (χ3n) is 5.49. The summed E-state index contributed by atoms with van der Waals surface area (Å²) in [6, 6.07) is 4.37. The van der Waals surface area contributed by atoms with Gasteiger partial charge in [0.05, 0.1) is 17.4 Å². The van der Waals surface area contributed by atoms with E-state index in [2.05, 4.69) is 4.72 Å². The zero-order chi connectivity index (χ0) is 16.2. The molecule has 0 radical (unpaired) electrons. The Kier molecular flexibility index (Phi) is 3.39. The van der Waals surface area contributed by atoms with Crippen LogP contribution in [0.5, 0.6) is 5.75 Å². The molecule has 23 heavy (non-hydrogen) atoms. The number of rotatable bonds is 4. The minimum Gasteiger partial charge on any atom is -0.493 e. The number of ether oxygens (including phenoxy) is 1. The lowest BCUT2D eigenvalue weighted by Gasteiger charge is -2.46. The number of fused-ring (bicyclic) bond motifs is 2. The minimum atomic E-state index is -3.74. The summed E-state index contributed by atoms with van der Waals surface area (Å²) < 4.78 is 33.3. The molecule has 4 rings (SSSR count). The Bertz CT molecular complexity index is 760. The molecule has 124 valence electrons. The predicted molar refractivity (Wildman–Crippen MR) is 81.7 cm³/mol. The van der Waals surface area contributed by atoms with Crippen LogP contribution in [0.1, 0.15) is 24.8 Å². The molecule has 7 heteroatoms. The molecule has 0 amide bonds. The number of benzene rings is 1. The van der Waals surface area contributed by atoms with E-state index >= 15 is 0 Å². The summed E-state index contributed by atoms with van der Waals surface area (Å²) in [6.45, 7) is 0.569. The van der Waals surface area contributed by atoms with Gasteiger partial charge >= 0.3 is 5.97 Å². The Morgan fingerprint density at radius 3 is 2.83 bits per heavy atom. The van der Waals surface area contributed by atoms with Crippen LogP contribution in [0.4, 0.5) is 0 Å². The number of carboxylic acid groups (broad SMARTS) is 1. The first-order chi connectivity index (χ1) is 11.0. The van der Waals surface area contributed by atoms with E-state index in [0.717, 1.165) is 31.2 Å². The van der Waals surface area contributed by atoms with Gasteiger partial charge in [-0.1, -0.05) is 12.5 Å². The molecule has 0 spiro atoms. The zero-order valence-electron chi connectivity index (χ0n) is 12.6. The maximum atomic E-state index is 12.6. The van der Waals surface area contributed by atoms with Crippen molar-refractivity contribution in [2.24, 2.45) is 17.8 Å². The molecule has 2 N–H and O–H groups in total. The molecule has 4 atom stereocenters. The molecular weight excluding hydrogens is 318 g/mol. The second-order valence-corrected chi connectivity index (χ2v) is 8.35. The van der Waals surface area contributed by atoms with Crippen LogP contribution < -0.4 is 9.46 Å². The van der Waals surface area contributed by atoms with Crippen molar-refractivity contribution in [3.8, 4) is 5.75 Å². The van der Waals surface area contributed by atoms with Gasteiger partial charge in [0.25, 0.3) is 0 Å². The molecule has 0 saturated heterocycles. The van der Waals surface area contributed by atoms with Gasteiger partial charge in [-0.25, -0.2) is 13.1 Å². The average Bonchev–Trinajstić information content (AvgIpc) is 3.10. The second-order valence-electron chi connectivity index (χ2n) is 6.64. The van der Waals surface area contributed by atoms with Gasteiger partial charge in [-0.05, 0) is 36.3 Å². The van der Waals surface area contributed by atoms with Crippen molar-refractivity contribution in [2.75, 3.05) is 6.61 Å². The highest BCUT2D eigenvalue weighted by molar-refractivity contribution is 7.89. The molecule has 1 aliphatic heterocycles. The summed E-state index contributed by atoms with van der Waals surface area (Å²) in [5.74, 6) is -0.642. The van der Waals surface area contributed by atoms with Crippen LogP contribution in [0.2, 0.25) is 0 Å². The lowest BCUT2D eigenvalue weighted by atomic mass is 9.63. The van der Waals surface area contributed by atoms with E-state index in [4.69, 9.17) is 4.74 Å².